The van der Waals surface area contributed by atoms with Gasteiger partial charge in [-0.05, 0) is 117 Å². The monoisotopic (exact) mass is 946 g/mol. The Bertz CT molecular complexity index is 2620. The highest BCUT2D eigenvalue weighted by molar-refractivity contribution is 6.87. The molecule has 2 aromatic heterocycles. The van der Waals surface area contributed by atoms with E-state index in [-0.39, 0.29) is 91.2 Å². The number of cyclic esters (lactones) is 1. The van der Waals surface area contributed by atoms with Crippen LogP contribution in [-0.2, 0) is 47.6 Å². The van der Waals surface area contributed by atoms with Gasteiger partial charge in [0.1, 0.15) is 11.3 Å². The van der Waals surface area contributed by atoms with Crippen molar-refractivity contribution in [3.8, 4) is 28.1 Å². The number of hydrogen-bond acceptors (Lipinski definition) is 13. The lowest BCUT2D eigenvalue weighted by Gasteiger charge is -2.57. The van der Waals surface area contributed by atoms with Gasteiger partial charge in [0.15, 0.2) is 11.6 Å². The summed E-state index contributed by atoms with van der Waals surface area (Å²) in [5, 5.41) is 16.3. The number of ether oxygens (including phenoxy) is 3. The molecular formula is C52H68N7O8Si. The molecule has 4 fully saturated rings. The lowest BCUT2D eigenvalue weighted by Crippen LogP contribution is -2.76. The fraction of sp³-hybridized carbons (Fsp3) is 0.558. The molecule has 6 bridgehead atoms. The van der Waals surface area contributed by atoms with E-state index < -0.39 is 31.9 Å². The summed E-state index contributed by atoms with van der Waals surface area (Å²) in [5.74, 6) is -0.853. The molecule has 3 unspecified atom stereocenters. The van der Waals surface area contributed by atoms with Crippen molar-refractivity contribution in [1.82, 2.24) is 29.5 Å². The predicted octanol–water partition coefficient (Wildman–Crippen LogP) is 5.82. The summed E-state index contributed by atoms with van der Waals surface area (Å²) < 4.78 is 20.1. The molecule has 1 radical (unpaired) electrons. The fourth-order valence-electron chi connectivity index (χ4n) is 11.9. The molecular weight excluding hydrogens is 879 g/mol. The zero-order chi connectivity index (χ0) is 48.4. The summed E-state index contributed by atoms with van der Waals surface area (Å²) in [6, 6.07) is 15.3. The van der Waals surface area contributed by atoms with Crippen LogP contribution in [0.2, 0.25) is 0 Å². The van der Waals surface area contributed by atoms with Crippen molar-refractivity contribution in [3.63, 3.8) is 0 Å². The number of benzene rings is 2. The number of phenols is 1. The Morgan fingerprint density at radius 3 is 2.62 bits per heavy atom. The molecule has 7 atom stereocenters. The van der Waals surface area contributed by atoms with Crippen molar-refractivity contribution in [2.75, 3.05) is 53.6 Å². The number of aromatic hydroxyl groups is 1. The van der Waals surface area contributed by atoms with Crippen molar-refractivity contribution in [2.24, 2.45) is 28.9 Å². The van der Waals surface area contributed by atoms with Crippen LogP contribution in [0.25, 0.3) is 33.3 Å². The second-order valence-electron chi connectivity index (χ2n) is 21.0. The number of hydrazine groups is 1. The molecule has 363 valence electrons. The number of aromatic nitrogens is 2. The van der Waals surface area contributed by atoms with E-state index in [9.17, 15) is 19.5 Å². The minimum absolute atomic E-state index is 0.0507. The first-order valence-electron chi connectivity index (χ1n) is 24.4. The molecule has 9 rings (SSSR count). The highest BCUT2D eigenvalue weighted by atomic mass is 28.3. The van der Waals surface area contributed by atoms with Crippen molar-refractivity contribution in [3.05, 3.63) is 71.5 Å². The Balaban J connectivity index is 1.12. The number of methoxy groups -OCH3 is 1. The molecule has 3 saturated heterocycles. The molecule has 1 saturated carbocycles. The molecule has 2 aromatic carbocycles. The first-order valence-corrected chi connectivity index (χ1v) is 26.1. The van der Waals surface area contributed by atoms with Crippen LogP contribution < -0.4 is 10.7 Å². The minimum atomic E-state index is -2.32. The average molecular weight is 947 g/mol. The number of likely N-dealkylation sites (N-methyl/N-ethyl adjacent to an activating group) is 1. The van der Waals surface area contributed by atoms with E-state index in [2.05, 4.69) is 54.6 Å². The summed E-state index contributed by atoms with van der Waals surface area (Å²) in [6.45, 7) is 14.2. The molecule has 5 aliphatic rings. The second kappa shape index (κ2) is 18.8. The van der Waals surface area contributed by atoms with Gasteiger partial charge in [0.2, 0.25) is 5.53 Å². The number of aryl methyl sites for hydroxylation is 1. The molecule has 68 heavy (non-hydrogen) atoms. The van der Waals surface area contributed by atoms with Crippen LogP contribution in [0.15, 0.2) is 54.7 Å². The van der Waals surface area contributed by atoms with Crippen LogP contribution in [0.1, 0.15) is 83.7 Å². The van der Waals surface area contributed by atoms with Crippen molar-refractivity contribution < 1.29 is 38.5 Å². The average Bonchev–Trinajstić information content (AvgIpc) is 3.75. The smallest absolute Gasteiger partial charge is 0.328 e. The van der Waals surface area contributed by atoms with Gasteiger partial charge in [-0.3, -0.25) is 29.3 Å². The minimum Gasteiger partial charge on any atom is -0.508 e. The van der Waals surface area contributed by atoms with Crippen molar-refractivity contribution in [1.29, 1.82) is 0 Å². The van der Waals surface area contributed by atoms with Gasteiger partial charge in [0.25, 0.3) is 8.96 Å². The molecule has 4 N–H and O–H groups in total. The van der Waals surface area contributed by atoms with Gasteiger partial charge in [-0.1, -0.05) is 39.8 Å². The maximum Gasteiger partial charge on any atom is 0.328 e. The van der Waals surface area contributed by atoms with E-state index in [0.717, 1.165) is 56.5 Å². The molecule has 1 aliphatic carbocycles. The van der Waals surface area contributed by atoms with Crippen LogP contribution in [0.5, 0.6) is 5.75 Å². The van der Waals surface area contributed by atoms with Crippen LogP contribution in [0, 0.1) is 23.2 Å². The Hall–Kier alpha value is -4.81. The van der Waals surface area contributed by atoms with Crippen LogP contribution in [-0.4, -0.2) is 139 Å². The number of esters is 1. The molecule has 4 aromatic rings. The van der Waals surface area contributed by atoms with Gasteiger partial charge >= 0.3 is 5.97 Å². The maximum absolute atomic E-state index is 15.2. The molecule has 15 nitrogen and oxygen atoms in total. The Morgan fingerprint density at radius 2 is 1.90 bits per heavy atom. The number of pyridine rings is 1. The van der Waals surface area contributed by atoms with E-state index in [1.165, 1.54) is 0 Å². The number of hydrogen-bond donors (Lipinski definition) is 3. The Morgan fingerprint density at radius 1 is 1.10 bits per heavy atom. The van der Waals surface area contributed by atoms with Gasteiger partial charge in [0, 0.05) is 66.3 Å². The number of amides is 1. The van der Waals surface area contributed by atoms with E-state index >= 15 is 4.79 Å². The predicted molar refractivity (Wildman–Crippen MR) is 261 cm³/mol. The number of carbonyl (C=O) groups excluding carboxylic acids is 4. The highest BCUT2D eigenvalue weighted by Gasteiger charge is 2.77. The molecule has 6 heterocycles. The second-order valence-corrected chi connectivity index (χ2v) is 23.1. The lowest BCUT2D eigenvalue weighted by atomic mass is 9.79. The zero-order valence-corrected chi connectivity index (χ0v) is 41.8. The third-order valence-corrected chi connectivity index (χ3v) is 17.4. The molecule has 16 heteroatoms. The summed E-state index contributed by atoms with van der Waals surface area (Å²) in [5.41, 5.74) is 12.0. The van der Waals surface area contributed by atoms with Crippen molar-refractivity contribution in [2.45, 2.75) is 110 Å². The number of ketones is 2. The number of carbonyl (C=O) groups is 4. The number of nitrogens with two attached hydrogens (primary N) is 1. The van der Waals surface area contributed by atoms with Crippen LogP contribution in [0.4, 0.5) is 4.79 Å². The number of nitrogens with one attached hydrogen (secondary N) is 1. The molecule has 4 aliphatic heterocycles. The quantitative estimate of drug-likeness (QED) is 0.108. The van der Waals surface area contributed by atoms with Gasteiger partial charge < -0.3 is 34.6 Å². The topological polar surface area (TPSA) is 182 Å². The fourth-order valence-corrected chi connectivity index (χ4v) is 13.8. The van der Waals surface area contributed by atoms with Gasteiger partial charge in [0.05, 0.1) is 62.4 Å². The number of nitrogens with zero attached hydrogens (tertiary/aromatic N) is 5. The Kier molecular flexibility index (Phi) is 13.4. The Labute approximate surface area is 401 Å². The summed E-state index contributed by atoms with van der Waals surface area (Å²) in [7, 11) is 1.15. The number of rotatable bonds is 13. The standard InChI is InChI=1S/C52H68N7O8Si/c1-9-57-42-14-13-33-21-37(42)38(48(57)36-12-10-16-54-46(36)31(4)65-8)23-51(5,6)29-67-49(63)52-15-11-17-58(59(52)43-22-40(43)52)50(64)68(28-32-18-34(33)20-35(60)19-32)55-24-44(61)47(30(2)3)56(7)25-45(62)39-26-66-27-41(39)53/h10,12-14,16,18-21,30-31,39-41,43,47,55,60H,9,11,15,17,22-29,53H2,1-8H3/t31-,39+,40?,41-,43?,47?,52-/m0/s1. The van der Waals surface area contributed by atoms with E-state index in [0.29, 0.717) is 39.0 Å². The first-order chi connectivity index (χ1) is 32.5. The summed E-state index contributed by atoms with van der Waals surface area (Å²) in [4.78, 5) is 67.7. The number of Topliss-reactive ketones (excluding diaryl/α,β-unsaturated/α-hetero) is 2. The number of phenolic OH excluding ortho intramolecular Hbond substituents is 1. The van der Waals surface area contributed by atoms with E-state index in [1.807, 2.05) is 37.9 Å². The third kappa shape index (κ3) is 8.64. The zero-order valence-electron chi connectivity index (χ0n) is 40.8. The maximum atomic E-state index is 15.2. The van der Waals surface area contributed by atoms with Crippen LogP contribution >= 0.6 is 0 Å². The van der Waals surface area contributed by atoms with Crippen LogP contribution in [0.3, 0.4) is 0 Å². The largest absolute Gasteiger partial charge is 0.508 e. The molecule has 1 amide bonds. The third-order valence-electron chi connectivity index (χ3n) is 15.2. The SMILES string of the molecule is CCn1c(-c2cccnc2[C@H](C)OC)c2c3cc(ccc31)-c1cc(O)cc(c1)C[Si](NCC(=O)C(C(C)C)N(C)CC(=O)[C@@H]1COC[C@@H]1N)C(=O)N1CCC[C@@]3(C(=O)OCC(C)(C)C2)C2CC2N13. The van der Waals surface area contributed by atoms with Gasteiger partial charge in [-0.15, -0.1) is 0 Å². The van der Waals surface area contributed by atoms with E-state index in [1.54, 1.807) is 42.4 Å². The number of fused-ring (bicyclic) bond motifs is 5. The molecule has 0 spiro atoms. The highest BCUT2D eigenvalue weighted by Crippen LogP contribution is 2.63. The van der Waals surface area contributed by atoms with Gasteiger partial charge in [-0.25, -0.2) is 4.79 Å². The summed E-state index contributed by atoms with van der Waals surface area (Å²) in [6.07, 6.45) is 4.15. The normalized spacial score (nSPS) is 26.0. The lowest BCUT2D eigenvalue weighted by molar-refractivity contribution is -0.211. The summed E-state index contributed by atoms with van der Waals surface area (Å²) >= 11 is 0. The van der Waals surface area contributed by atoms with Gasteiger partial charge in [-0.2, -0.15) is 5.01 Å². The first kappa shape index (κ1) is 48.2. The van der Waals surface area contributed by atoms with Crippen molar-refractivity contribution >= 4 is 42.9 Å². The van der Waals surface area contributed by atoms with E-state index in [4.69, 9.17) is 24.9 Å².